The molecule has 1 atom stereocenters. The average molecular weight is 355 g/mol. The fraction of sp³-hybridized carbons (Fsp3) is 0.412. The van der Waals surface area contributed by atoms with E-state index < -0.39 is 0 Å². The van der Waals surface area contributed by atoms with Gasteiger partial charge in [-0.2, -0.15) is 10.2 Å². The van der Waals surface area contributed by atoms with Gasteiger partial charge in [-0.1, -0.05) is 0 Å². The summed E-state index contributed by atoms with van der Waals surface area (Å²) >= 11 is 0. The van der Waals surface area contributed by atoms with E-state index in [1.807, 2.05) is 12.1 Å². The highest BCUT2D eigenvalue weighted by molar-refractivity contribution is 6.07. The van der Waals surface area contributed by atoms with E-state index >= 15 is 0 Å². The van der Waals surface area contributed by atoms with Crippen LogP contribution in [0.1, 0.15) is 17.3 Å². The SMILES string of the molecule is CC1COCCN1c1cc(C(=O)N(C)C)c2[nH]nc(-c3cc[nH]n3)c2n1. The second-order valence-corrected chi connectivity index (χ2v) is 6.60. The number of morpholine rings is 1. The van der Waals surface area contributed by atoms with Crippen molar-refractivity contribution < 1.29 is 9.53 Å². The number of rotatable bonds is 3. The number of fused-ring (bicyclic) bond motifs is 1. The molecule has 1 fully saturated rings. The van der Waals surface area contributed by atoms with Gasteiger partial charge in [-0.15, -0.1) is 0 Å². The number of nitrogens with zero attached hydrogens (tertiary/aromatic N) is 5. The minimum absolute atomic E-state index is 0.100. The molecule has 26 heavy (non-hydrogen) atoms. The molecule has 1 saturated heterocycles. The van der Waals surface area contributed by atoms with E-state index in [1.165, 1.54) is 0 Å². The van der Waals surface area contributed by atoms with Gasteiger partial charge in [0.05, 0.1) is 30.3 Å². The molecule has 9 heteroatoms. The molecule has 3 aromatic heterocycles. The molecular formula is C17H21N7O2. The lowest BCUT2D eigenvalue weighted by Gasteiger charge is -2.34. The van der Waals surface area contributed by atoms with Gasteiger partial charge in [0.25, 0.3) is 5.91 Å². The number of anilines is 1. The number of pyridine rings is 1. The number of aromatic amines is 2. The maximum atomic E-state index is 12.8. The Morgan fingerprint density at radius 1 is 1.38 bits per heavy atom. The highest BCUT2D eigenvalue weighted by atomic mass is 16.5. The smallest absolute Gasteiger partial charge is 0.255 e. The first-order chi connectivity index (χ1) is 12.6. The highest BCUT2D eigenvalue weighted by Gasteiger charge is 2.25. The van der Waals surface area contributed by atoms with Crippen LogP contribution in [0, 0.1) is 0 Å². The van der Waals surface area contributed by atoms with Crippen molar-refractivity contribution in [2.24, 2.45) is 0 Å². The predicted molar refractivity (Wildman–Crippen MR) is 97.1 cm³/mol. The van der Waals surface area contributed by atoms with Crippen LogP contribution in [0.4, 0.5) is 5.82 Å². The molecule has 9 nitrogen and oxygen atoms in total. The molecule has 0 spiro atoms. The van der Waals surface area contributed by atoms with Crippen molar-refractivity contribution in [2.75, 3.05) is 38.8 Å². The maximum Gasteiger partial charge on any atom is 0.255 e. The number of hydrogen-bond acceptors (Lipinski definition) is 6. The highest BCUT2D eigenvalue weighted by Crippen LogP contribution is 2.30. The van der Waals surface area contributed by atoms with E-state index in [4.69, 9.17) is 9.72 Å². The van der Waals surface area contributed by atoms with Crippen LogP contribution in [-0.4, -0.2) is 76.1 Å². The number of hydrogen-bond donors (Lipinski definition) is 2. The van der Waals surface area contributed by atoms with Crippen molar-refractivity contribution in [3.63, 3.8) is 0 Å². The number of carbonyl (C=O) groups excluding carboxylic acids is 1. The van der Waals surface area contributed by atoms with Gasteiger partial charge in [0.2, 0.25) is 0 Å². The minimum atomic E-state index is -0.100. The molecule has 4 heterocycles. The van der Waals surface area contributed by atoms with Crippen molar-refractivity contribution >= 4 is 22.8 Å². The summed E-state index contributed by atoms with van der Waals surface area (Å²) in [7, 11) is 3.47. The van der Waals surface area contributed by atoms with E-state index in [9.17, 15) is 4.79 Å². The first kappa shape index (κ1) is 16.5. The van der Waals surface area contributed by atoms with Gasteiger partial charge in [-0.05, 0) is 19.1 Å². The molecule has 1 aliphatic rings. The lowest BCUT2D eigenvalue weighted by molar-refractivity contribution is 0.0829. The zero-order chi connectivity index (χ0) is 18.3. The number of nitrogens with one attached hydrogen (secondary N) is 2. The lowest BCUT2D eigenvalue weighted by Crippen LogP contribution is -2.44. The molecule has 3 aromatic rings. The van der Waals surface area contributed by atoms with E-state index in [0.29, 0.717) is 41.2 Å². The van der Waals surface area contributed by atoms with Crippen molar-refractivity contribution in [1.29, 1.82) is 0 Å². The Bertz CT molecular complexity index is 932. The molecule has 1 unspecified atom stereocenters. The number of carbonyl (C=O) groups is 1. The largest absolute Gasteiger partial charge is 0.377 e. The number of aromatic nitrogens is 5. The first-order valence-electron chi connectivity index (χ1n) is 8.51. The van der Waals surface area contributed by atoms with E-state index in [1.54, 1.807) is 25.2 Å². The number of ether oxygens (including phenoxy) is 1. The van der Waals surface area contributed by atoms with Crippen molar-refractivity contribution in [1.82, 2.24) is 30.3 Å². The zero-order valence-corrected chi connectivity index (χ0v) is 15.0. The summed E-state index contributed by atoms with van der Waals surface area (Å²) < 4.78 is 5.53. The second-order valence-electron chi connectivity index (χ2n) is 6.60. The Balaban J connectivity index is 1.92. The fourth-order valence-electron chi connectivity index (χ4n) is 3.18. The molecule has 0 saturated carbocycles. The van der Waals surface area contributed by atoms with Crippen LogP contribution < -0.4 is 4.90 Å². The average Bonchev–Trinajstić information content (AvgIpc) is 3.29. The Kier molecular flexibility index (Phi) is 4.08. The Morgan fingerprint density at radius 3 is 2.92 bits per heavy atom. The van der Waals surface area contributed by atoms with Gasteiger partial charge in [0.15, 0.2) is 0 Å². The normalized spacial score (nSPS) is 17.7. The van der Waals surface area contributed by atoms with Crippen LogP contribution in [0.25, 0.3) is 22.4 Å². The van der Waals surface area contributed by atoms with Gasteiger partial charge in [-0.3, -0.25) is 15.0 Å². The monoisotopic (exact) mass is 355 g/mol. The van der Waals surface area contributed by atoms with Crippen LogP contribution in [0.15, 0.2) is 18.3 Å². The summed E-state index contributed by atoms with van der Waals surface area (Å²) in [6, 6.07) is 3.84. The van der Waals surface area contributed by atoms with Gasteiger partial charge < -0.3 is 14.5 Å². The molecule has 2 N–H and O–H groups in total. The number of amides is 1. The molecule has 0 radical (unpaired) electrons. The summed E-state index contributed by atoms with van der Waals surface area (Å²) in [5, 5.41) is 14.3. The van der Waals surface area contributed by atoms with Crippen LogP contribution in [0.2, 0.25) is 0 Å². The summed E-state index contributed by atoms with van der Waals surface area (Å²) in [5.74, 6) is 0.647. The van der Waals surface area contributed by atoms with Crippen LogP contribution in [-0.2, 0) is 4.74 Å². The van der Waals surface area contributed by atoms with Crippen LogP contribution in [0.3, 0.4) is 0 Å². The first-order valence-corrected chi connectivity index (χ1v) is 8.51. The molecule has 1 aliphatic heterocycles. The summed E-state index contributed by atoms with van der Waals surface area (Å²) in [4.78, 5) is 21.3. The molecule has 4 rings (SSSR count). The molecule has 0 aliphatic carbocycles. The third-order valence-corrected chi connectivity index (χ3v) is 4.55. The molecule has 136 valence electrons. The minimum Gasteiger partial charge on any atom is -0.377 e. The summed E-state index contributed by atoms with van der Waals surface area (Å²) in [6.07, 6.45) is 1.73. The molecule has 0 aromatic carbocycles. The topological polar surface area (TPSA) is 103 Å². The van der Waals surface area contributed by atoms with Gasteiger partial charge in [-0.25, -0.2) is 4.98 Å². The fourth-order valence-corrected chi connectivity index (χ4v) is 3.18. The lowest BCUT2D eigenvalue weighted by atomic mass is 10.1. The quantitative estimate of drug-likeness (QED) is 0.733. The molecule has 0 bridgehead atoms. The third kappa shape index (κ3) is 2.70. The summed E-state index contributed by atoms with van der Waals surface area (Å²) in [6.45, 7) is 4.08. The zero-order valence-electron chi connectivity index (χ0n) is 15.0. The van der Waals surface area contributed by atoms with Gasteiger partial charge in [0, 0.05) is 26.8 Å². The maximum absolute atomic E-state index is 12.8. The predicted octanol–water partition coefficient (Wildman–Crippen LogP) is 1.27. The van der Waals surface area contributed by atoms with E-state index in [2.05, 4.69) is 32.2 Å². The standard InChI is InChI=1S/C17H21N7O2/c1-10-9-26-7-6-24(10)13-8-11(17(25)23(2)3)14-16(19-13)15(22-21-14)12-4-5-18-20-12/h4-5,8,10H,6-7,9H2,1-3H3,(H,18,20)(H,21,22). The van der Waals surface area contributed by atoms with Crippen molar-refractivity contribution in [3.05, 3.63) is 23.9 Å². The Morgan fingerprint density at radius 2 is 2.23 bits per heavy atom. The van der Waals surface area contributed by atoms with Crippen LogP contribution in [0.5, 0.6) is 0 Å². The second kappa shape index (κ2) is 6.41. The summed E-state index contributed by atoms with van der Waals surface area (Å²) in [5.41, 5.74) is 3.10. The van der Waals surface area contributed by atoms with Crippen molar-refractivity contribution in [2.45, 2.75) is 13.0 Å². The van der Waals surface area contributed by atoms with E-state index in [0.717, 1.165) is 12.4 Å². The Hall–Kier alpha value is -2.94. The number of H-pyrrole nitrogens is 2. The molecular weight excluding hydrogens is 334 g/mol. The van der Waals surface area contributed by atoms with Crippen molar-refractivity contribution in [3.8, 4) is 11.4 Å². The Labute approximate surface area is 150 Å². The third-order valence-electron chi connectivity index (χ3n) is 4.55. The van der Waals surface area contributed by atoms with E-state index in [-0.39, 0.29) is 11.9 Å². The van der Waals surface area contributed by atoms with Gasteiger partial charge >= 0.3 is 0 Å². The van der Waals surface area contributed by atoms with Crippen LogP contribution >= 0.6 is 0 Å². The molecule has 1 amide bonds. The van der Waals surface area contributed by atoms with Gasteiger partial charge in [0.1, 0.15) is 22.7 Å².